The van der Waals surface area contributed by atoms with Crippen LogP contribution >= 0.6 is 11.6 Å². The largest absolute Gasteiger partial charge is 0.366 e. The summed E-state index contributed by atoms with van der Waals surface area (Å²) in [6.45, 7) is 1.42. The van der Waals surface area contributed by atoms with Gasteiger partial charge in [0, 0.05) is 12.7 Å². The molecule has 0 spiro atoms. The highest BCUT2D eigenvalue weighted by Crippen LogP contribution is 2.12. The normalized spacial score (nSPS) is 10.5. The highest BCUT2D eigenvalue weighted by molar-refractivity contribution is 6.30. The first kappa shape index (κ1) is 13.6. The van der Waals surface area contributed by atoms with Crippen LogP contribution < -0.4 is 5.32 Å². The van der Waals surface area contributed by atoms with Crippen LogP contribution in [0, 0.1) is 0 Å². The zero-order valence-electron chi connectivity index (χ0n) is 11.3. The van der Waals surface area contributed by atoms with Crippen molar-refractivity contribution in [2.24, 2.45) is 0 Å². The van der Waals surface area contributed by atoms with Gasteiger partial charge in [-0.3, -0.25) is 0 Å². The number of aromatic nitrogens is 4. The Morgan fingerprint density at radius 3 is 2.81 bits per heavy atom. The van der Waals surface area contributed by atoms with E-state index in [4.69, 9.17) is 11.6 Å². The maximum absolute atomic E-state index is 5.81. The van der Waals surface area contributed by atoms with Gasteiger partial charge in [0.1, 0.15) is 18.5 Å². The Labute approximate surface area is 127 Å². The first-order valence-corrected chi connectivity index (χ1v) is 6.93. The minimum atomic E-state index is 0.635. The van der Waals surface area contributed by atoms with Crippen LogP contribution in [0.4, 0.5) is 5.82 Å². The molecule has 5 nitrogen and oxygen atoms in total. The fourth-order valence-corrected chi connectivity index (χ4v) is 2.12. The number of hydrogen-bond donors (Lipinski definition) is 1. The molecule has 0 unspecified atom stereocenters. The van der Waals surface area contributed by atoms with E-state index in [1.807, 2.05) is 18.2 Å². The van der Waals surface area contributed by atoms with Crippen molar-refractivity contribution in [3.63, 3.8) is 0 Å². The van der Waals surface area contributed by atoms with Crippen LogP contribution in [-0.2, 0) is 13.1 Å². The third-order valence-electron chi connectivity index (χ3n) is 3.00. The lowest BCUT2D eigenvalue weighted by molar-refractivity contribution is 0.684. The third-order valence-corrected chi connectivity index (χ3v) is 3.23. The van der Waals surface area contributed by atoms with Crippen LogP contribution in [0.1, 0.15) is 11.1 Å². The van der Waals surface area contributed by atoms with Gasteiger partial charge in [-0.25, -0.2) is 14.6 Å². The van der Waals surface area contributed by atoms with E-state index in [0.29, 0.717) is 18.1 Å². The number of halogens is 1. The van der Waals surface area contributed by atoms with Crippen LogP contribution in [0.2, 0.25) is 5.02 Å². The molecule has 106 valence electrons. The molecule has 0 atom stereocenters. The monoisotopic (exact) mass is 299 g/mol. The lowest BCUT2D eigenvalue weighted by Crippen LogP contribution is -2.03. The van der Waals surface area contributed by atoms with E-state index >= 15 is 0 Å². The van der Waals surface area contributed by atoms with E-state index in [9.17, 15) is 0 Å². The lowest BCUT2D eigenvalue weighted by atomic mass is 10.1. The smallest absolute Gasteiger partial charge is 0.137 e. The molecule has 0 radical (unpaired) electrons. The van der Waals surface area contributed by atoms with E-state index in [1.54, 1.807) is 17.2 Å². The van der Waals surface area contributed by atoms with E-state index in [-0.39, 0.29) is 0 Å². The van der Waals surface area contributed by atoms with Gasteiger partial charge in [0.15, 0.2) is 0 Å². The minimum absolute atomic E-state index is 0.635. The number of nitrogens with zero attached hydrogens (tertiary/aromatic N) is 4. The molecule has 3 rings (SSSR count). The number of hydrogen-bond acceptors (Lipinski definition) is 4. The molecule has 0 aliphatic carbocycles. The summed E-state index contributed by atoms with van der Waals surface area (Å²) >= 11 is 5.81. The summed E-state index contributed by atoms with van der Waals surface area (Å²) in [4.78, 5) is 8.16. The number of anilines is 1. The molecule has 1 N–H and O–H groups in total. The van der Waals surface area contributed by atoms with E-state index in [1.165, 1.54) is 17.5 Å². The van der Waals surface area contributed by atoms with Crippen molar-refractivity contribution in [3.05, 3.63) is 71.4 Å². The molecule has 1 aromatic carbocycles. The summed E-state index contributed by atoms with van der Waals surface area (Å²) < 4.78 is 1.80. The number of rotatable bonds is 5. The Morgan fingerprint density at radius 2 is 2.05 bits per heavy atom. The summed E-state index contributed by atoms with van der Waals surface area (Å²) in [7, 11) is 0. The van der Waals surface area contributed by atoms with E-state index in [2.05, 4.69) is 38.6 Å². The second-order valence-electron chi connectivity index (χ2n) is 4.63. The minimum Gasteiger partial charge on any atom is -0.366 e. The first-order chi connectivity index (χ1) is 10.3. The molecule has 2 heterocycles. The van der Waals surface area contributed by atoms with Gasteiger partial charge in [0.25, 0.3) is 0 Å². The number of nitrogens with one attached hydrogen (secondary N) is 1. The van der Waals surface area contributed by atoms with Gasteiger partial charge in [-0.05, 0) is 23.3 Å². The van der Waals surface area contributed by atoms with Crippen LogP contribution in [-0.4, -0.2) is 19.7 Å². The van der Waals surface area contributed by atoms with Crippen LogP contribution in [0.5, 0.6) is 0 Å². The molecule has 0 amide bonds. The Morgan fingerprint density at radius 1 is 1.14 bits per heavy atom. The Bertz CT molecular complexity index is 694. The quantitative estimate of drug-likeness (QED) is 0.787. The number of benzene rings is 1. The average molecular weight is 300 g/mol. The van der Waals surface area contributed by atoms with E-state index in [0.717, 1.165) is 5.82 Å². The van der Waals surface area contributed by atoms with Gasteiger partial charge in [0.2, 0.25) is 0 Å². The molecule has 0 bridgehead atoms. The zero-order valence-corrected chi connectivity index (χ0v) is 12.0. The fourth-order valence-electron chi connectivity index (χ4n) is 2.01. The molecule has 0 aliphatic heterocycles. The molecule has 6 heteroatoms. The van der Waals surface area contributed by atoms with Gasteiger partial charge in [-0.15, -0.1) is 0 Å². The van der Waals surface area contributed by atoms with Gasteiger partial charge in [0.05, 0.1) is 11.6 Å². The van der Waals surface area contributed by atoms with Crippen molar-refractivity contribution in [1.82, 2.24) is 19.7 Å². The van der Waals surface area contributed by atoms with Crippen molar-refractivity contribution in [2.75, 3.05) is 5.32 Å². The summed E-state index contributed by atoms with van der Waals surface area (Å²) in [5, 5.41) is 8.01. The molecular formula is C15H14ClN5. The van der Waals surface area contributed by atoms with Crippen LogP contribution in [0.15, 0.2) is 55.2 Å². The summed E-state index contributed by atoms with van der Waals surface area (Å²) in [5.41, 5.74) is 2.37. The second kappa shape index (κ2) is 6.37. The predicted molar refractivity (Wildman–Crippen MR) is 82.1 cm³/mol. The fraction of sp³-hybridized carbons (Fsp3) is 0.133. The molecule has 0 saturated heterocycles. The summed E-state index contributed by atoms with van der Waals surface area (Å²) in [5.74, 6) is 0.807. The molecule has 21 heavy (non-hydrogen) atoms. The second-order valence-corrected chi connectivity index (χ2v) is 5.06. The van der Waals surface area contributed by atoms with Crippen molar-refractivity contribution < 1.29 is 0 Å². The molecule has 3 aromatic rings. The van der Waals surface area contributed by atoms with Crippen LogP contribution in [0.3, 0.4) is 0 Å². The van der Waals surface area contributed by atoms with Gasteiger partial charge in [-0.2, -0.15) is 5.10 Å². The van der Waals surface area contributed by atoms with E-state index < -0.39 is 0 Å². The molecule has 2 aromatic heterocycles. The van der Waals surface area contributed by atoms with Crippen molar-refractivity contribution in [1.29, 1.82) is 0 Å². The van der Waals surface area contributed by atoms with Gasteiger partial charge in [-0.1, -0.05) is 35.9 Å². The first-order valence-electron chi connectivity index (χ1n) is 6.55. The van der Waals surface area contributed by atoms with Gasteiger partial charge < -0.3 is 5.32 Å². The molecule has 0 aliphatic rings. The standard InChI is InChI=1S/C15H14ClN5/c16-14-4-5-15(19-8-14)18-7-12-2-1-3-13(6-12)9-21-11-17-10-20-21/h1-6,8,10-11H,7,9H2,(H,18,19). The Balaban J connectivity index is 1.64. The SMILES string of the molecule is Clc1ccc(NCc2cccc(Cn3cncn3)c2)nc1. The Hall–Kier alpha value is -2.40. The average Bonchev–Trinajstić information content (AvgIpc) is 3.00. The topological polar surface area (TPSA) is 55.6 Å². The highest BCUT2D eigenvalue weighted by Gasteiger charge is 1.99. The maximum Gasteiger partial charge on any atom is 0.137 e. The molecule has 0 saturated carbocycles. The molecular weight excluding hydrogens is 286 g/mol. The lowest BCUT2D eigenvalue weighted by Gasteiger charge is -2.08. The molecule has 0 fully saturated rings. The number of pyridine rings is 1. The van der Waals surface area contributed by atoms with Crippen LogP contribution in [0.25, 0.3) is 0 Å². The predicted octanol–water partition coefficient (Wildman–Crippen LogP) is 2.99. The summed E-state index contributed by atoms with van der Waals surface area (Å²) in [6.07, 6.45) is 4.88. The van der Waals surface area contributed by atoms with Crippen molar-refractivity contribution in [3.8, 4) is 0 Å². The maximum atomic E-state index is 5.81. The van der Waals surface area contributed by atoms with Gasteiger partial charge >= 0.3 is 0 Å². The highest BCUT2D eigenvalue weighted by atomic mass is 35.5. The van der Waals surface area contributed by atoms with Crippen molar-refractivity contribution in [2.45, 2.75) is 13.1 Å². The van der Waals surface area contributed by atoms with Crippen molar-refractivity contribution >= 4 is 17.4 Å². The zero-order chi connectivity index (χ0) is 14.5. The summed E-state index contributed by atoms with van der Waals surface area (Å²) in [6, 6.07) is 12.0. The third kappa shape index (κ3) is 3.79. The Kier molecular flexibility index (Phi) is 4.12.